The molecule has 1 saturated carbocycles. The third-order valence-corrected chi connectivity index (χ3v) is 6.96. The fraction of sp³-hybridized carbons (Fsp3) is 0.172. The van der Waals surface area contributed by atoms with Crippen molar-refractivity contribution in [3.05, 3.63) is 97.7 Å². The third kappa shape index (κ3) is 5.61. The first-order valence-electron chi connectivity index (χ1n) is 11.6. The number of carboxylic acid groups (broad SMARTS) is 1. The second-order valence-corrected chi connectivity index (χ2v) is 9.90. The molecule has 6 nitrogen and oxygen atoms in total. The molecule has 0 saturated heterocycles. The Labute approximate surface area is 234 Å². The van der Waals surface area contributed by atoms with Gasteiger partial charge in [-0.15, -0.1) is 0 Å². The quantitative estimate of drug-likeness (QED) is 0.229. The van der Waals surface area contributed by atoms with Gasteiger partial charge in [-0.05, 0) is 55.3 Å². The second kappa shape index (κ2) is 11.0. The van der Waals surface area contributed by atoms with Crippen molar-refractivity contribution < 1.29 is 23.9 Å². The number of halogens is 3. The summed E-state index contributed by atoms with van der Waals surface area (Å²) < 4.78 is 16.9. The number of rotatable bonds is 7. The monoisotopic (exact) mass is 567 g/mol. The van der Waals surface area contributed by atoms with Crippen molar-refractivity contribution in [2.24, 2.45) is 0 Å². The molecule has 1 N–H and O–H groups in total. The van der Waals surface area contributed by atoms with E-state index in [4.69, 9.17) is 48.8 Å². The molecule has 1 aromatic heterocycles. The molecule has 0 aliphatic heterocycles. The van der Waals surface area contributed by atoms with E-state index < -0.39 is 5.97 Å². The average molecular weight is 569 g/mol. The van der Waals surface area contributed by atoms with Gasteiger partial charge in [-0.25, -0.2) is 4.79 Å². The first-order valence-corrected chi connectivity index (χ1v) is 12.8. The van der Waals surface area contributed by atoms with Crippen LogP contribution < -0.4 is 9.47 Å². The molecule has 0 unspecified atom stereocenters. The number of aromatic carboxylic acids is 1. The molecule has 1 heterocycles. The Bertz CT molecular complexity index is 1580. The number of hydrogen-bond acceptors (Lipinski definition) is 5. The molecular weight excluding hydrogens is 549 g/mol. The summed E-state index contributed by atoms with van der Waals surface area (Å²) in [7, 11) is 1.47. The van der Waals surface area contributed by atoms with Crippen LogP contribution >= 0.6 is 34.8 Å². The van der Waals surface area contributed by atoms with Crippen LogP contribution in [0.5, 0.6) is 11.5 Å². The van der Waals surface area contributed by atoms with Crippen LogP contribution in [0.4, 0.5) is 0 Å². The van der Waals surface area contributed by atoms with Gasteiger partial charge in [0.15, 0.2) is 0 Å². The Hall–Kier alpha value is -3.63. The molecule has 192 valence electrons. The molecule has 1 aliphatic carbocycles. The Balaban J connectivity index is 1.38. The van der Waals surface area contributed by atoms with E-state index in [2.05, 4.69) is 17.0 Å². The summed E-state index contributed by atoms with van der Waals surface area (Å²) in [6.07, 6.45) is 2.05. The van der Waals surface area contributed by atoms with Gasteiger partial charge >= 0.3 is 5.97 Å². The molecule has 1 fully saturated rings. The highest BCUT2D eigenvalue weighted by Gasteiger charge is 2.33. The van der Waals surface area contributed by atoms with Crippen molar-refractivity contribution in [1.29, 1.82) is 0 Å². The van der Waals surface area contributed by atoms with E-state index in [1.807, 2.05) is 0 Å². The molecule has 0 amide bonds. The Kier molecular flexibility index (Phi) is 7.53. The van der Waals surface area contributed by atoms with Gasteiger partial charge in [-0.2, -0.15) is 0 Å². The van der Waals surface area contributed by atoms with Crippen LogP contribution in [0, 0.1) is 11.8 Å². The number of nitrogens with zero attached hydrogens (tertiary/aromatic N) is 1. The molecular formula is C29H20Cl3NO5. The zero-order chi connectivity index (χ0) is 26.8. The van der Waals surface area contributed by atoms with Crippen molar-refractivity contribution in [2.45, 2.75) is 25.4 Å². The van der Waals surface area contributed by atoms with E-state index in [-0.39, 0.29) is 12.2 Å². The van der Waals surface area contributed by atoms with Crippen molar-refractivity contribution in [2.75, 3.05) is 7.11 Å². The molecule has 0 atom stereocenters. The number of methoxy groups -OCH3 is 1. The molecule has 9 heteroatoms. The van der Waals surface area contributed by atoms with Crippen LogP contribution in [0.25, 0.3) is 11.3 Å². The van der Waals surface area contributed by atoms with Gasteiger partial charge in [-0.3, -0.25) is 0 Å². The summed E-state index contributed by atoms with van der Waals surface area (Å²) >= 11 is 19.4. The fourth-order valence-corrected chi connectivity index (χ4v) is 4.74. The maximum absolute atomic E-state index is 11.4. The maximum atomic E-state index is 11.4. The summed E-state index contributed by atoms with van der Waals surface area (Å²) in [6, 6.07) is 15.0. The van der Waals surface area contributed by atoms with Crippen molar-refractivity contribution >= 4 is 40.8 Å². The first-order chi connectivity index (χ1) is 18.3. The van der Waals surface area contributed by atoms with Gasteiger partial charge in [0.05, 0.1) is 33.3 Å². The highest BCUT2D eigenvalue weighted by molar-refractivity contribution is 6.39. The predicted octanol–water partition coefficient (Wildman–Crippen LogP) is 7.86. The van der Waals surface area contributed by atoms with Crippen LogP contribution in [-0.2, 0) is 6.61 Å². The molecule has 1 aliphatic rings. The standard InChI is InChI=1S/C29H20Cl3NO5/c1-36-21-12-16(11-19(13-21)29(34)35)5-6-17-9-10-20(14-25(17)32)37-15-22-27(33-38-28(22)18-7-8-18)26-23(30)3-2-4-24(26)31/h2-4,9-14,18H,7-8,15H2,1H3,(H,34,35). The van der Waals surface area contributed by atoms with Crippen LogP contribution in [0.3, 0.4) is 0 Å². The molecule has 38 heavy (non-hydrogen) atoms. The summed E-state index contributed by atoms with van der Waals surface area (Å²) in [5, 5.41) is 14.9. The molecule has 0 spiro atoms. The third-order valence-electron chi connectivity index (χ3n) is 6.02. The maximum Gasteiger partial charge on any atom is 0.335 e. The van der Waals surface area contributed by atoms with Gasteiger partial charge in [0.2, 0.25) is 0 Å². The lowest BCUT2D eigenvalue weighted by Gasteiger charge is -2.10. The minimum absolute atomic E-state index is 0.0836. The highest BCUT2D eigenvalue weighted by atomic mass is 35.5. The second-order valence-electron chi connectivity index (χ2n) is 8.68. The lowest BCUT2D eigenvalue weighted by molar-refractivity contribution is 0.0696. The van der Waals surface area contributed by atoms with E-state index in [1.165, 1.54) is 19.2 Å². The smallest absolute Gasteiger partial charge is 0.335 e. The summed E-state index contributed by atoms with van der Waals surface area (Å²) in [4.78, 5) is 11.4. The largest absolute Gasteiger partial charge is 0.497 e. The Morgan fingerprint density at radius 2 is 1.79 bits per heavy atom. The SMILES string of the molecule is COc1cc(C#Cc2ccc(OCc3c(-c4c(Cl)cccc4Cl)noc3C3CC3)cc2Cl)cc(C(=O)O)c1. The van der Waals surface area contributed by atoms with Gasteiger partial charge in [-0.1, -0.05) is 57.9 Å². The number of aromatic nitrogens is 1. The highest BCUT2D eigenvalue weighted by Crippen LogP contribution is 2.46. The fourth-order valence-electron chi connectivity index (χ4n) is 3.94. The van der Waals surface area contributed by atoms with E-state index in [9.17, 15) is 9.90 Å². The Morgan fingerprint density at radius 1 is 1.03 bits per heavy atom. The minimum Gasteiger partial charge on any atom is -0.497 e. The summed E-state index contributed by atoms with van der Waals surface area (Å²) in [5.41, 5.74) is 3.11. The van der Waals surface area contributed by atoms with Gasteiger partial charge in [0.1, 0.15) is 29.6 Å². The number of hydrogen-bond donors (Lipinski definition) is 1. The predicted molar refractivity (Wildman–Crippen MR) is 146 cm³/mol. The topological polar surface area (TPSA) is 81.8 Å². The minimum atomic E-state index is -1.07. The number of carboxylic acids is 1. The van der Waals surface area contributed by atoms with Crippen molar-refractivity contribution in [1.82, 2.24) is 5.16 Å². The lowest BCUT2D eigenvalue weighted by atomic mass is 10.0. The van der Waals surface area contributed by atoms with Crippen molar-refractivity contribution in [3.63, 3.8) is 0 Å². The summed E-state index contributed by atoms with van der Waals surface area (Å²) in [6.45, 7) is 0.190. The first kappa shape index (κ1) is 26.0. The van der Waals surface area contributed by atoms with Crippen LogP contribution in [0.1, 0.15) is 51.6 Å². The summed E-state index contributed by atoms with van der Waals surface area (Å²) in [5.74, 6) is 6.88. The van der Waals surface area contributed by atoms with E-state index in [1.54, 1.807) is 42.5 Å². The van der Waals surface area contributed by atoms with Crippen LogP contribution in [0.2, 0.25) is 15.1 Å². The number of carbonyl (C=O) groups is 1. The van der Waals surface area contributed by atoms with Gasteiger partial charge < -0.3 is 19.1 Å². The zero-order valence-electron chi connectivity index (χ0n) is 20.1. The van der Waals surface area contributed by atoms with Gasteiger partial charge in [0.25, 0.3) is 0 Å². The Morgan fingerprint density at radius 3 is 2.45 bits per heavy atom. The van der Waals surface area contributed by atoms with Gasteiger partial charge in [0, 0.05) is 28.7 Å². The van der Waals surface area contributed by atoms with E-state index in [0.29, 0.717) is 54.9 Å². The van der Waals surface area contributed by atoms with E-state index >= 15 is 0 Å². The normalized spacial score (nSPS) is 12.5. The van der Waals surface area contributed by atoms with E-state index in [0.717, 1.165) is 24.2 Å². The average Bonchev–Trinajstić information content (AvgIpc) is 3.66. The molecule has 3 aromatic carbocycles. The molecule has 4 aromatic rings. The number of benzene rings is 3. The van der Waals surface area contributed by atoms with Crippen LogP contribution in [0.15, 0.2) is 59.1 Å². The number of ether oxygens (including phenoxy) is 2. The molecule has 0 radical (unpaired) electrons. The zero-order valence-corrected chi connectivity index (χ0v) is 22.3. The molecule has 5 rings (SSSR count). The van der Waals surface area contributed by atoms with Crippen molar-refractivity contribution in [3.8, 4) is 34.6 Å². The van der Waals surface area contributed by atoms with Crippen LogP contribution in [-0.4, -0.2) is 23.3 Å². The molecule has 0 bridgehead atoms. The lowest BCUT2D eigenvalue weighted by Crippen LogP contribution is -2.00.